The zero-order valence-corrected chi connectivity index (χ0v) is 12.5. The van der Waals surface area contributed by atoms with Crippen LogP contribution in [0.4, 0.5) is 0 Å². The van der Waals surface area contributed by atoms with Gasteiger partial charge in [-0.2, -0.15) is 5.26 Å². The van der Waals surface area contributed by atoms with Crippen LogP contribution in [0.2, 0.25) is 0 Å². The molecule has 3 nitrogen and oxygen atoms in total. The van der Waals surface area contributed by atoms with Crippen LogP contribution in [0.5, 0.6) is 0 Å². The van der Waals surface area contributed by atoms with Crippen LogP contribution in [-0.2, 0) is 6.54 Å². The SMILES string of the molecule is CC1CCN(Cc2cccn2-c2ccc(C#N)cc2)CC1. The molecule has 0 bridgehead atoms. The highest BCUT2D eigenvalue weighted by atomic mass is 15.1. The van der Waals surface area contributed by atoms with Gasteiger partial charge in [-0.3, -0.25) is 4.90 Å². The minimum atomic E-state index is 0.706. The van der Waals surface area contributed by atoms with E-state index in [0.717, 1.165) is 18.2 Å². The van der Waals surface area contributed by atoms with Crippen molar-refractivity contribution < 1.29 is 0 Å². The van der Waals surface area contributed by atoms with Crippen molar-refractivity contribution in [3.05, 3.63) is 53.9 Å². The Balaban J connectivity index is 1.75. The van der Waals surface area contributed by atoms with Crippen LogP contribution < -0.4 is 0 Å². The van der Waals surface area contributed by atoms with E-state index in [1.807, 2.05) is 24.3 Å². The summed E-state index contributed by atoms with van der Waals surface area (Å²) in [6, 6.07) is 14.2. The van der Waals surface area contributed by atoms with Crippen LogP contribution >= 0.6 is 0 Å². The maximum absolute atomic E-state index is 8.89. The lowest BCUT2D eigenvalue weighted by Gasteiger charge is -2.30. The quantitative estimate of drug-likeness (QED) is 0.860. The Labute approximate surface area is 126 Å². The summed E-state index contributed by atoms with van der Waals surface area (Å²) in [7, 11) is 0. The van der Waals surface area contributed by atoms with Gasteiger partial charge in [0.05, 0.1) is 11.6 Å². The molecule has 21 heavy (non-hydrogen) atoms. The average Bonchev–Trinajstić information content (AvgIpc) is 2.98. The predicted molar refractivity (Wildman–Crippen MR) is 84.2 cm³/mol. The van der Waals surface area contributed by atoms with E-state index in [0.29, 0.717) is 5.56 Å². The minimum absolute atomic E-state index is 0.706. The van der Waals surface area contributed by atoms with Crippen molar-refractivity contribution >= 4 is 0 Å². The smallest absolute Gasteiger partial charge is 0.0991 e. The summed E-state index contributed by atoms with van der Waals surface area (Å²) in [6.07, 6.45) is 4.71. The summed E-state index contributed by atoms with van der Waals surface area (Å²) in [6.45, 7) is 5.73. The molecule has 1 aromatic carbocycles. The van der Waals surface area contributed by atoms with Crippen molar-refractivity contribution in [1.29, 1.82) is 5.26 Å². The Morgan fingerprint density at radius 1 is 1.14 bits per heavy atom. The van der Waals surface area contributed by atoms with Gasteiger partial charge in [0.25, 0.3) is 0 Å². The lowest BCUT2D eigenvalue weighted by molar-refractivity contribution is 0.182. The van der Waals surface area contributed by atoms with Crippen LogP contribution in [-0.4, -0.2) is 22.6 Å². The van der Waals surface area contributed by atoms with Gasteiger partial charge in [-0.15, -0.1) is 0 Å². The molecule has 1 aromatic heterocycles. The maximum Gasteiger partial charge on any atom is 0.0991 e. The second kappa shape index (κ2) is 6.15. The third-order valence-electron chi connectivity index (χ3n) is 4.37. The molecule has 0 N–H and O–H groups in total. The first-order chi connectivity index (χ1) is 10.3. The summed E-state index contributed by atoms with van der Waals surface area (Å²) in [5.41, 5.74) is 3.14. The van der Waals surface area contributed by atoms with Crippen molar-refractivity contribution in [3.8, 4) is 11.8 Å². The molecule has 3 heteroatoms. The molecule has 0 aliphatic carbocycles. The molecule has 0 amide bonds. The van der Waals surface area contributed by atoms with Gasteiger partial charge in [-0.1, -0.05) is 6.92 Å². The fraction of sp³-hybridized carbons (Fsp3) is 0.389. The molecular weight excluding hydrogens is 258 g/mol. The minimum Gasteiger partial charge on any atom is -0.320 e. The second-order valence-electron chi connectivity index (χ2n) is 5.99. The first kappa shape index (κ1) is 13.9. The van der Waals surface area contributed by atoms with Crippen molar-refractivity contribution in [2.45, 2.75) is 26.3 Å². The Bertz CT molecular complexity index is 625. The number of hydrogen-bond acceptors (Lipinski definition) is 2. The molecule has 1 aliphatic heterocycles. The highest BCUT2D eigenvalue weighted by Gasteiger charge is 2.17. The zero-order valence-electron chi connectivity index (χ0n) is 12.5. The first-order valence-electron chi connectivity index (χ1n) is 7.65. The number of nitrogens with zero attached hydrogens (tertiary/aromatic N) is 3. The summed E-state index contributed by atoms with van der Waals surface area (Å²) in [5.74, 6) is 0.867. The lowest BCUT2D eigenvalue weighted by Crippen LogP contribution is -2.32. The first-order valence-corrected chi connectivity index (χ1v) is 7.65. The van der Waals surface area contributed by atoms with E-state index in [1.54, 1.807) is 0 Å². The molecule has 1 fully saturated rings. The monoisotopic (exact) mass is 279 g/mol. The second-order valence-corrected chi connectivity index (χ2v) is 5.99. The normalized spacial score (nSPS) is 16.8. The fourth-order valence-electron chi connectivity index (χ4n) is 2.94. The lowest BCUT2D eigenvalue weighted by atomic mass is 9.99. The van der Waals surface area contributed by atoms with Gasteiger partial charge in [-0.05, 0) is 68.2 Å². The number of aromatic nitrogens is 1. The van der Waals surface area contributed by atoms with Gasteiger partial charge in [0.2, 0.25) is 0 Å². The van der Waals surface area contributed by atoms with Gasteiger partial charge < -0.3 is 4.57 Å². The molecule has 0 radical (unpaired) electrons. The molecule has 2 aromatic rings. The molecule has 0 atom stereocenters. The van der Waals surface area contributed by atoms with E-state index in [9.17, 15) is 0 Å². The Hall–Kier alpha value is -2.05. The zero-order chi connectivity index (χ0) is 14.7. The number of likely N-dealkylation sites (tertiary alicyclic amines) is 1. The topological polar surface area (TPSA) is 32.0 Å². The predicted octanol–water partition coefficient (Wildman–Crippen LogP) is 3.58. The van der Waals surface area contributed by atoms with Crippen molar-refractivity contribution in [2.75, 3.05) is 13.1 Å². The number of nitriles is 1. The largest absolute Gasteiger partial charge is 0.320 e. The molecule has 2 heterocycles. The molecule has 0 unspecified atom stereocenters. The summed E-state index contributed by atoms with van der Waals surface area (Å²) >= 11 is 0. The van der Waals surface area contributed by atoms with Gasteiger partial charge in [0, 0.05) is 24.1 Å². The van der Waals surface area contributed by atoms with Crippen molar-refractivity contribution in [1.82, 2.24) is 9.47 Å². The van der Waals surface area contributed by atoms with Gasteiger partial charge in [0.15, 0.2) is 0 Å². The Morgan fingerprint density at radius 3 is 2.52 bits per heavy atom. The molecular formula is C18H21N3. The van der Waals surface area contributed by atoms with Crippen LogP contribution in [0, 0.1) is 17.2 Å². The standard InChI is InChI=1S/C18H21N3/c1-15-8-11-20(12-9-15)14-18-3-2-10-21(18)17-6-4-16(13-19)5-7-17/h2-7,10,15H,8-9,11-12,14H2,1H3. The molecule has 3 rings (SSSR count). The number of hydrogen-bond donors (Lipinski definition) is 0. The third kappa shape index (κ3) is 3.17. The highest BCUT2D eigenvalue weighted by molar-refractivity contribution is 5.41. The maximum atomic E-state index is 8.89. The molecule has 1 saturated heterocycles. The molecule has 108 valence electrons. The van der Waals surface area contributed by atoms with E-state index < -0.39 is 0 Å². The van der Waals surface area contributed by atoms with E-state index in [2.05, 4.69) is 40.8 Å². The summed E-state index contributed by atoms with van der Waals surface area (Å²) in [5, 5.41) is 8.89. The van der Waals surface area contributed by atoms with Crippen LogP contribution in [0.3, 0.4) is 0 Å². The fourth-order valence-corrected chi connectivity index (χ4v) is 2.94. The Kier molecular flexibility index (Phi) is 4.08. The van der Waals surface area contributed by atoms with E-state index in [1.165, 1.54) is 31.6 Å². The van der Waals surface area contributed by atoms with Crippen LogP contribution in [0.15, 0.2) is 42.6 Å². The highest BCUT2D eigenvalue weighted by Crippen LogP contribution is 2.20. The average molecular weight is 279 g/mol. The Morgan fingerprint density at radius 2 is 1.86 bits per heavy atom. The molecule has 0 saturated carbocycles. The molecule has 1 aliphatic rings. The number of benzene rings is 1. The van der Waals surface area contributed by atoms with Crippen LogP contribution in [0.1, 0.15) is 31.0 Å². The number of rotatable bonds is 3. The van der Waals surface area contributed by atoms with E-state index in [-0.39, 0.29) is 0 Å². The van der Waals surface area contributed by atoms with Crippen LogP contribution in [0.25, 0.3) is 5.69 Å². The number of piperidine rings is 1. The van der Waals surface area contributed by atoms with Gasteiger partial charge in [0.1, 0.15) is 0 Å². The summed E-state index contributed by atoms with van der Waals surface area (Å²) < 4.78 is 2.22. The van der Waals surface area contributed by atoms with Gasteiger partial charge >= 0.3 is 0 Å². The van der Waals surface area contributed by atoms with Crippen molar-refractivity contribution in [3.63, 3.8) is 0 Å². The van der Waals surface area contributed by atoms with Gasteiger partial charge in [-0.25, -0.2) is 0 Å². The van der Waals surface area contributed by atoms with E-state index >= 15 is 0 Å². The van der Waals surface area contributed by atoms with Crippen molar-refractivity contribution in [2.24, 2.45) is 5.92 Å². The summed E-state index contributed by atoms with van der Waals surface area (Å²) in [4.78, 5) is 2.54. The van der Waals surface area contributed by atoms with E-state index in [4.69, 9.17) is 5.26 Å². The third-order valence-corrected chi connectivity index (χ3v) is 4.37. The molecule has 0 spiro atoms.